The quantitative estimate of drug-likeness (QED) is 0.679. The van der Waals surface area contributed by atoms with E-state index in [2.05, 4.69) is 20.1 Å². The van der Waals surface area contributed by atoms with E-state index < -0.39 is 0 Å². The SMILES string of the molecule is NC1CCN(c2cc(CO)cc(-c3[nH]nc4ncccc34)n2)CC1.[HH].[HH]. The number of aliphatic hydroxyl groups is 1. The number of fused-ring (bicyclic) bond motifs is 1. The van der Waals surface area contributed by atoms with E-state index in [9.17, 15) is 5.11 Å². The van der Waals surface area contributed by atoms with E-state index in [1.807, 2.05) is 24.3 Å². The Morgan fingerprint density at radius 2 is 2.17 bits per heavy atom. The lowest BCUT2D eigenvalue weighted by molar-refractivity contribution is 0.282. The molecule has 0 bridgehead atoms. The van der Waals surface area contributed by atoms with Crippen LogP contribution in [-0.2, 0) is 6.61 Å². The van der Waals surface area contributed by atoms with Gasteiger partial charge < -0.3 is 15.7 Å². The highest BCUT2D eigenvalue weighted by Gasteiger charge is 2.19. The van der Waals surface area contributed by atoms with Crippen molar-refractivity contribution in [2.45, 2.75) is 25.5 Å². The van der Waals surface area contributed by atoms with E-state index in [4.69, 9.17) is 10.7 Å². The number of rotatable bonds is 3. The molecule has 1 aliphatic rings. The molecule has 0 saturated carbocycles. The minimum atomic E-state index is -0.0276. The molecule has 4 heterocycles. The Labute approximate surface area is 142 Å². The summed E-state index contributed by atoms with van der Waals surface area (Å²) in [5, 5.41) is 17.8. The monoisotopic (exact) mass is 328 g/mol. The predicted octanol–water partition coefficient (Wildman–Crippen LogP) is 1.93. The molecule has 0 atom stereocenters. The lowest BCUT2D eigenvalue weighted by Crippen LogP contribution is -2.40. The Morgan fingerprint density at radius 3 is 2.96 bits per heavy atom. The molecule has 7 heteroatoms. The molecule has 4 N–H and O–H groups in total. The summed E-state index contributed by atoms with van der Waals surface area (Å²) in [6.07, 6.45) is 3.63. The summed E-state index contributed by atoms with van der Waals surface area (Å²) in [4.78, 5) is 11.3. The van der Waals surface area contributed by atoms with Crippen LogP contribution in [0.5, 0.6) is 0 Å². The zero-order valence-electron chi connectivity index (χ0n) is 13.3. The molecule has 128 valence electrons. The molecule has 7 nitrogen and oxygen atoms in total. The van der Waals surface area contributed by atoms with Crippen molar-refractivity contribution < 1.29 is 7.96 Å². The van der Waals surface area contributed by atoms with Crippen molar-refractivity contribution in [1.82, 2.24) is 20.2 Å². The molecule has 0 amide bonds. The van der Waals surface area contributed by atoms with E-state index in [1.54, 1.807) is 6.20 Å². The third-order valence-electron chi connectivity index (χ3n) is 4.50. The second-order valence-electron chi connectivity index (χ2n) is 6.17. The summed E-state index contributed by atoms with van der Waals surface area (Å²) in [5.74, 6) is 0.870. The lowest BCUT2D eigenvalue weighted by atomic mass is 10.1. The van der Waals surface area contributed by atoms with Crippen LogP contribution < -0.4 is 10.6 Å². The molecule has 3 aromatic heterocycles. The van der Waals surface area contributed by atoms with Crippen LogP contribution in [0, 0.1) is 0 Å². The van der Waals surface area contributed by atoms with Gasteiger partial charge in [0.25, 0.3) is 0 Å². The molecule has 1 fully saturated rings. The number of anilines is 1. The molecule has 3 aromatic rings. The highest BCUT2D eigenvalue weighted by atomic mass is 16.3. The maximum atomic E-state index is 9.63. The Bertz CT molecular complexity index is 863. The first kappa shape index (κ1) is 15.0. The first-order valence-electron chi connectivity index (χ1n) is 8.16. The minimum Gasteiger partial charge on any atom is -0.392 e. The lowest BCUT2D eigenvalue weighted by Gasteiger charge is -2.31. The number of hydrogen-bond donors (Lipinski definition) is 3. The van der Waals surface area contributed by atoms with Gasteiger partial charge in [0.2, 0.25) is 0 Å². The molecule has 0 radical (unpaired) electrons. The molecular weight excluding hydrogens is 304 g/mol. The number of nitrogens with zero attached hydrogens (tertiary/aromatic N) is 4. The molecule has 24 heavy (non-hydrogen) atoms. The number of nitrogens with one attached hydrogen (secondary N) is 1. The Hall–Kier alpha value is -2.51. The van der Waals surface area contributed by atoms with Crippen molar-refractivity contribution in [3.8, 4) is 11.4 Å². The highest BCUT2D eigenvalue weighted by molar-refractivity contribution is 5.89. The van der Waals surface area contributed by atoms with E-state index >= 15 is 0 Å². The van der Waals surface area contributed by atoms with Gasteiger partial charge in [-0.2, -0.15) is 5.10 Å². The van der Waals surface area contributed by atoms with Crippen molar-refractivity contribution in [1.29, 1.82) is 0 Å². The number of piperidine rings is 1. The number of aliphatic hydroxyl groups excluding tert-OH is 1. The van der Waals surface area contributed by atoms with Crippen LogP contribution in [0.15, 0.2) is 30.5 Å². The number of nitrogens with two attached hydrogens (primary N) is 1. The van der Waals surface area contributed by atoms with Crippen molar-refractivity contribution in [3.63, 3.8) is 0 Å². The van der Waals surface area contributed by atoms with Crippen LogP contribution in [0.4, 0.5) is 5.82 Å². The van der Waals surface area contributed by atoms with Crippen LogP contribution in [-0.4, -0.2) is 44.4 Å². The third kappa shape index (κ3) is 2.72. The van der Waals surface area contributed by atoms with Crippen molar-refractivity contribution in [2.75, 3.05) is 18.0 Å². The van der Waals surface area contributed by atoms with Gasteiger partial charge in [-0.05, 0) is 42.7 Å². The largest absolute Gasteiger partial charge is 0.392 e. The van der Waals surface area contributed by atoms with Crippen LogP contribution in [0.25, 0.3) is 22.4 Å². The zero-order chi connectivity index (χ0) is 16.5. The average Bonchev–Trinajstić information content (AvgIpc) is 3.06. The summed E-state index contributed by atoms with van der Waals surface area (Å²) in [5.41, 5.74) is 9.07. The molecule has 1 aliphatic heterocycles. The van der Waals surface area contributed by atoms with Gasteiger partial charge in [0.1, 0.15) is 5.82 Å². The fourth-order valence-corrected chi connectivity index (χ4v) is 3.13. The summed E-state index contributed by atoms with van der Waals surface area (Å²) < 4.78 is 0. The number of hydrogen-bond acceptors (Lipinski definition) is 6. The fraction of sp³-hybridized carbons (Fsp3) is 0.353. The number of aromatic nitrogens is 4. The second kappa shape index (κ2) is 6.18. The highest BCUT2D eigenvalue weighted by Crippen LogP contribution is 2.28. The third-order valence-corrected chi connectivity index (χ3v) is 4.50. The van der Waals surface area contributed by atoms with Gasteiger partial charge >= 0.3 is 0 Å². The molecule has 4 rings (SSSR count). The van der Waals surface area contributed by atoms with Crippen molar-refractivity contribution >= 4 is 16.9 Å². The molecular formula is C17H24N6O. The maximum absolute atomic E-state index is 9.63. The van der Waals surface area contributed by atoms with Gasteiger partial charge in [-0.25, -0.2) is 9.97 Å². The van der Waals surface area contributed by atoms with Gasteiger partial charge in [0.05, 0.1) is 18.0 Å². The fourth-order valence-electron chi connectivity index (χ4n) is 3.13. The van der Waals surface area contributed by atoms with Crippen molar-refractivity contribution in [2.24, 2.45) is 5.73 Å². The summed E-state index contributed by atoms with van der Waals surface area (Å²) in [6.45, 7) is 1.74. The first-order chi connectivity index (χ1) is 11.7. The molecule has 0 aromatic carbocycles. The predicted molar refractivity (Wildman–Crippen MR) is 96.7 cm³/mol. The minimum absolute atomic E-state index is 0. The Morgan fingerprint density at radius 1 is 1.33 bits per heavy atom. The molecule has 0 spiro atoms. The maximum Gasteiger partial charge on any atom is 0.181 e. The van der Waals surface area contributed by atoms with Gasteiger partial charge in [0.15, 0.2) is 5.65 Å². The Kier molecular flexibility index (Phi) is 3.87. The second-order valence-corrected chi connectivity index (χ2v) is 6.17. The van der Waals surface area contributed by atoms with Crippen LogP contribution in [0.2, 0.25) is 0 Å². The summed E-state index contributed by atoms with van der Waals surface area (Å²) >= 11 is 0. The zero-order valence-corrected chi connectivity index (χ0v) is 13.3. The van der Waals surface area contributed by atoms with Gasteiger partial charge in [0, 0.05) is 33.6 Å². The number of pyridine rings is 2. The number of H-pyrrole nitrogens is 1. The number of aromatic amines is 1. The van der Waals surface area contributed by atoms with Crippen LogP contribution >= 0.6 is 0 Å². The van der Waals surface area contributed by atoms with Crippen molar-refractivity contribution in [3.05, 3.63) is 36.0 Å². The molecule has 0 aliphatic carbocycles. The van der Waals surface area contributed by atoms with E-state index in [0.717, 1.165) is 54.1 Å². The van der Waals surface area contributed by atoms with E-state index in [1.165, 1.54) is 0 Å². The smallest absolute Gasteiger partial charge is 0.181 e. The van der Waals surface area contributed by atoms with Gasteiger partial charge in [-0.3, -0.25) is 5.10 Å². The first-order valence-corrected chi connectivity index (χ1v) is 8.16. The molecule has 0 unspecified atom stereocenters. The molecule has 1 saturated heterocycles. The van der Waals surface area contributed by atoms with Crippen LogP contribution in [0.3, 0.4) is 0 Å². The average molecular weight is 328 g/mol. The summed E-state index contributed by atoms with van der Waals surface area (Å²) in [7, 11) is 0. The van der Waals surface area contributed by atoms with E-state index in [0.29, 0.717) is 5.65 Å². The Balaban J connectivity index is 0.00000121. The van der Waals surface area contributed by atoms with Crippen LogP contribution in [0.1, 0.15) is 21.3 Å². The van der Waals surface area contributed by atoms with Gasteiger partial charge in [-0.15, -0.1) is 0 Å². The standard InChI is InChI=1S/C17H20N6O.2H2/c18-12-3-6-23(7-4-12)15-9-11(10-24)8-14(20-15)16-13-2-1-5-19-17(13)22-21-16;;/h1-2,5,8-9,12,24H,3-4,6-7,10,18H2,(H,19,21,22);2*1H. The topological polar surface area (TPSA) is 104 Å². The summed E-state index contributed by atoms with van der Waals surface area (Å²) in [6, 6.07) is 7.94. The normalized spacial score (nSPS) is 16.0. The van der Waals surface area contributed by atoms with E-state index in [-0.39, 0.29) is 15.5 Å². The van der Waals surface area contributed by atoms with Gasteiger partial charge in [-0.1, -0.05) is 0 Å².